The van der Waals surface area contributed by atoms with Gasteiger partial charge in [0.25, 0.3) is 5.56 Å². The molecule has 0 atom stereocenters. The van der Waals surface area contributed by atoms with E-state index < -0.39 is 0 Å². The van der Waals surface area contributed by atoms with Gasteiger partial charge in [-0.2, -0.15) is 0 Å². The van der Waals surface area contributed by atoms with Gasteiger partial charge in [-0.25, -0.2) is 14.8 Å². The lowest BCUT2D eigenvalue weighted by molar-refractivity contribution is 0.247. The van der Waals surface area contributed by atoms with E-state index in [0.717, 1.165) is 23.9 Å². The van der Waals surface area contributed by atoms with Crippen molar-refractivity contribution in [2.45, 2.75) is 32.1 Å². The van der Waals surface area contributed by atoms with Crippen molar-refractivity contribution in [1.29, 1.82) is 0 Å². The Labute approximate surface area is 195 Å². The smallest absolute Gasteiger partial charge is 0.319 e. The number of carbonyl (C=O) groups is 1. The van der Waals surface area contributed by atoms with Crippen LogP contribution in [-0.4, -0.2) is 32.1 Å². The predicted octanol–water partition coefficient (Wildman–Crippen LogP) is 4.83. The number of halogens is 1. The third kappa shape index (κ3) is 4.30. The number of hydrogen-bond acceptors (Lipinski definition) is 4. The van der Waals surface area contributed by atoms with Crippen molar-refractivity contribution in [2.24, 2.45) is 13.0 Å². The molecule has 3 heterocycles. The highest BCUT2D eigenvalue weighted by Gasteiger charge is 2.17. The lowest BCUT2D eigenvalue weighted by Crippen LogP contribution is -2.33. The van der Waals surface area contributed by atoms with Gasteiger partial charge >= 0.3 is 6.03 Å². The summed E-state index contributed by atoms with van der Waals surface area (Å²) in [4.78, 5) is 37.1. The van der Waals surface area contributed by atoms with Crippen LogP contribution in [0.25, 0.3) is 33.3 Å². The second kappa shape index (κ2) is 8.86. The van der Waals surface area contributed by atoms with Crippen molar-refractivity contribution in [1.82, 2.24) is 24.8 Å². The van der Waals surface area contributed by atoms with Gasteiger partial charge < -0.3 is 20.2 Å². The van der Waals surface area contributed by atoms with E-state index in [4.69, 9.17) is 11.6 Å². The number of carbonyl (C=O) groups excluding carboxylic acids is 1. The maximum absolute atomic E-state index is 12.9. The van der Waals surface area contributed by atoms with Gasteiger partial charge in [0.05, 0.1) is 21.7 Å². The number of H-pyrrole nitrogens is 1. The number of rotatable bonds is 4. The van der Waals surface area contributed by atoms with Crippen LogP contribution in [0.1, 0.15) is 32.1 Å². The second-order valence-electron chi connectivity index (χ2n) is 8.63. The molecular formula is C24H25ClN6O2. The van der Waals surface area contributed by atoms with E-state index in [1.165, 1.54) is 19.3 Å². The number of aromatic amines is 1. The summed E-state index contributed by atoms with van der Waals surface area (Å²) in [5.41, 5.74) is 2.88. The fraction of sp³-hybridized carbons (Fsp3) is 0.333. The first kappa shape index (κ1) is 21.5. The Morgan fingerprint density at radius 2 is 2.09 bits per heavy atom. The van der Waals surface area contributed by atoms with Crippen LogP contribution in [0, 0.1) is 5.92 Å². The largest absolute Gasteiger partial charge is 0.338 e. The summed E-state index contributed by atoms with van der Waals surface area (Å²) in [7, 11) is 1.88. The van der Waals surface area contributed by atoms with E-state index in [2.05, 4.69) is 25.6 Å². The number of amides is 2. The number of aryl methyl sites for hydroxylation is 1. The molecule has 9 heteroatoms. The lowest BCUT2D eigenvalue weighted by Gasteiger charge is -2.21. The Morgan fingerprint density at radius 3 is 2.91 bits per heavy atom. The van der Waals surface area contributed by atoms with E-state index in [1.54, 1.807) is 18.3 Å². The third-order valence-electron chi connectivity index (χ3n) is 6.29. The Balaban J connectivity index is 1.41. The Morgan fingerprint density at radius 1 is 1.27 bits per heavy atom. The molecule has 0 bridgehead atoms. The summed E-state index contributed by atoms with van der Waals surface area (Å²) in [5.74, 6) is 0.528. The average Bonchev–Trinajstić information content (AvgIpc) is 3.15. The zero-order valence-corrected chi connectivity index (χ0v) is 19.1. The van der Waals surface area contributed by atoms with Crippen LogP contribution in [0.2, 0.25) is 5.02 Å². The van der Waals surface area contributed by atoms with Crippen molar-refractivity contribution < 1.29 is 4.79 Å². The number of pyridine rings is 1. The normalized spacial score (nSPS) is 14.6. The van der Waals surface area contributed by atoms with Crippen LogP contribution in [0.4, 0.5) is 10.5 Å². The van der Waals surface area contributed by atoms with E-state index in [1.807, 2.05) is 29.9 Å². The molecule has 2 amide bonds. The Hall–Kier alpha value is -3.39. The molecular weight excluding hydrogens is 440 g/mol. The predicted molar refractivity (Wildman–Crippen MR) is 131 cm³/mol. The first-order valence-electron chi connectivity index (χ1n) is 11.2. The zero-order chi connectivity index (χ0) is 22.9. The number of hydrogen-bond donors (Lipinski definition) is 3. The molecule has 170 valence electrons. The Bertz CT molecular complexity index is 1400. The first-order valence-corrected chi connectivity index (χ1v) is 11.6. The third-order valence-corrected chi connectivity index (χ3v) is 6.61. The minimum Gasteiger partial charge on any atom is -0.338 e. The molecule has 0 spiro atoms. The molecule has 0 aliphatic heterocycles. The summed E-state index contributed by atoms with van der Waals surface area (Å²) < 4.78 is 1.86. The summed E-state index contributed by atoms with van der Waals surface area (Å²) in [5, 5.41) is 6.92. The van der Waals surface area contributed by atoms with Gasteiger partial charge in [0, 0.05) is 36.9 Å². The zero-order valence-electron chi connectivity index (χ0n) is 18.3. The van der Waals surface area contributed by atoms with Crippen molar-refractivity contribution in [3.05, 3.63) is 52.0 Å². The number of benzene rings is 1. The molecule has 4 aromatic rings. The Kier molecular flexibility index (Phi) is 5.76. The minimum atomic E-state index is -0.325. The number of urea groups is 1. The fourth-order valence-corrected chi connectivity index (χ4v) is 4.79. The van der Waals surface area contributed by atoms with Crippen molar-refractivity contribution in [2.75, 3.05) is 11.9 Å². The summed E-state index contributed by atoms with van der Waals surface area (Å²) in [6.07, 6.45) is 9.59. The molecule has 1 fully saturated rings. The fourth-order valence-electron chi connectivity index (χ4n) is 4.58. The highest BCUT2D eigenvalue weighted by atomic mass is 35.5. The molecule has 1 saturated carbocycles. The van der Waals surface area contributed by atoms with Gasteiger partial charge in [0.2, 0.25) is 0 Å². The molecule has 0 radical (unpaired) electrons. The maximum Gasteiger partial charge on any atom is 0.319 e. The molecule has 0 saturated heterocycles. The molecule has 3 aromatic heterocycles. The van der Waals surface area contributed by atoms with Gasteiger partial charge in [-0.05, 0) is 43.0 Å². The molecule has 1 aliphatic rings. The number of fused-ring (bicyclic) bond motifs is 2. The van der Waals surface area contributed by atoms with Crippen LogP contribution in [0.5, 0.6) is 0 Å². The van der Waals surface area contributed by atoms with Gasteiger partial charge in [-0.1, -0.05) is 30.9 Å². The standard InChI is InChI=1S/C24H25ClN6O2/c1-31-13-16(15-8-5-9-26-22(15)31)21-23(32)29-20-11-18(17(25)10-19(20)28-21)30-24(33)27-12-14-6-3-2-4-7-14/h5,8-11,13-14H,2-4,6-7,12H2,1H3,(H,29,32)(H2,27,30,33). The van der Waals surface area contributed by atoms with E-state index in [9.17, 15) is 9.59 Å². The van der Waals surface area contributed by atoms with Crippen molar-refractivity contribution >= 4 is 45.4 Å². The molecule has 1 aliphatic carbocycles. The molecule has 5 rings (SSSR count). The lowest BCUT2D eigenvalue weighted by atomic mass is 9.89. The van der Waals surface area contributed by atoms with E-state index in [-0.39, 0.29) is 11.6 Å². The van der Waals surface area contributed by atoms with Gasteiger partial charge in [-0.3, -0.25) is 4.79 Å². The van der Waals surface area contributed by atoms with Crippen LogP contribution in [0.15, 0.2) is 41.5 Å². The average molecular weight is 465 g/mol. The quantitative estimate of drug-likeness (QED) is 0.402. The molecule has 33 heavy (non-hydrogen) atoms. The summed E-state index contributed by atoms with van der Waals surface area (Å²) in [6, 6.07) is 6.72. The SMILES string of the molecule is Cn1cc(-c2nc3cc(Cl)c(NC(=O)NCC4CCCCC4)cc3[nH]c2=O)c2cccnc21. The first-order chi connectivity index (χ1) is 16.0. The maximum atomic E-state index is 12.9. The summed E-state index contributed by atoms with van der Waals surface area (Å²) >= 11 is 6.44. The number of nitrogens with zero attached hydrogens (tertiary/aromatic N) is 3. The van der Waals surface area contributed by atoms with E-state index >= 15 is 0 Å². The summed E-state index contributed by atoms with van der Waals surface area (Å²) in [6.45, 7) is 0.651. The van der Waals surface area contributed by atoms with Crippen LogP contribution < -0.4 is 16.2 Å². The second-order valence-corrected chi connectivity index (χ2v) is 9.04. The number of nitrogens with one attached hydrogen (secondary N) is 3. The van der Waals surface area contributed by atoms with Crippen molar-refractivity contribution in [3.8, 4) is 11.3 Å². The topological polar surface area (TPSA) is 105 Å². The van der Waals surface area contributed by atoms with Crippen molar-refractivity contribution in [3.63, 3.8) is 0 Å². The van der Waals surface area contributed by atoms with Crippen LogP contribution in [-0.2, 0) is 7.05 Å². The van der Waals surface area contributed by atoms with Crippen LogP contribution >= 0.6 is 11.6 Å². The molecule has 8 nitrogen and oxygen atoms in total. The van der Waals surface area contributed by atoms with Gasteiger partial charge in [0.1, 0.15) is 11.3 Å². The number of anilines is 1. The minimum absolute atomic E-state index is 0.295. The molecule has 0 unspecified atom stereocenters. The molecule has 1 aromatic carbocycles. The van der Waals surface area contributed by atoms with E-state index in [0.29, 0.717) is 45.5 Å². The highest BCUT2D eigenvalue weighted by molar-refractivity contribution is 6.34. The monoisotopic (exact) mass is 464 g/mol. The molecule has 3 N–H and O–H groups in total. The van der Waals surface area contributed by atoms with Crippen LogP contribution in [0.3, 0.4) is 0 Å². The number of aromatic nitrogens is 4. The van der Waals surface area contributed by atoms with Gasteiger partial charge in [0.15, 0.2) is 0 Å². The highest BCUT2D eigenvalue weighted by Crippen LogP contribution is 2.30. The van der Waals surface area contributed by atoms with Gasteiger partial charge in [-0.15, -0.1) is 0 Å².